The molecule has 2 atom stereocenters. The third-order valence-electron chi connectivity index (χ3n) is 8.49. The predicted molar refractivity (Wildman–Crippen MR) is 145 cm³/mol. The van der Waals surface area contributed by atoms with Crippen LogP contribution < -0.4 is 5.32 Å². The first-order valence-electron chi connectivity index (χ1n) is 14.1. The van der Waals surface area contributed by atoms with E-state index in [0.717, 1.165) is 45.1 Å². The van der Waals surface area contributed by atoms with Crippen molar-refractivity contribution < 1.29 is 18.5 Å². The molecular weight excluding hydrogens is 499 g/mol. The third kappa shape index (κ3) is 5.57. The molecule has 1 aliphatic heterocycles. The molecule has 1 unspecified atom stereocenters. The van der Waals surface area contributed by atoms with Crippen molar-refractivity contribution in [2.75, 3.05) is 20.6 Å². The van der Waals surface area contributed by atoms with Crippen molar-refractivity contribution in [3.05, 3.63) is 46.9 Å². The van der Waals surface area contributed by atoms with Gasteiger partial charge in [-0.25, -0.2) is 9.37 Å². The Morgan fingerprint density at radius 3 is 2.72 bits per heavy atom. The van der Waals surface area contributed by atoms with E-state index in [-0.39, 0.29) is 41.1 Å². The molecule has 2 aliphatic rings. The van der Waals surface area contributed by atoms with Crippen molar-refractivity contribution >= 4 is 22.8 Å². The maximum absolute atomic E-state index is 15.9. The molecule has 3 heterocycles. The van der Waals surface area contributed by atoms with Crippen molar-refractivity contribution in [3.63, 3.8) is 0 Å². The average molecular weight is 539 g/mol. The number of benzene rings is 1. The predicted octanol–water partition coefficient (Wildman–Crippen LogP) is 4.60. The summed E-state index contributed by atoms with van der Waals surface area (Å²) in [5, 5.41) is 7.12. The maximum atomic E-state index is 15.9. The molecule has 1 aliphatic carbocycles. The van der Waals surface area contributed by atoms with E-state index >= 15 is 4.39 Å². The van der Waals surface area contributed by atoms with Crippen LogP contribution in [0.5, 0.6) is 0 Å². The highest BCUT2D eigenvalue weighted by molar-refractivity contribution is 5.95. The molecule has 2 aromatic heterocycles. The van der Waals surface area contributed by atoms with Gasteiger partial charge in [0.1, 0.15) is 23.2 Å². The Labute approximate surface area is 228 Å². The topological polar surface area (TPSA) is 107 Å². The van der Waals surface area contributed by atoms with Gasteiger partial charge in [0, 0.05) is 26.2 Å². The molecule has 5 rings (SSSR count). The maximum Gasteiger partial charge on any atom is 0.257 e. The number of aromatic amines is 1. The van der Waals surface area contributed by atoms with Crippen molar-refractivity contribution in [2.45, 2.75) is 77.4 Å². The van der Waals surface area contributed by atoms with Gasteiger partial charge >= 0.3 is 0 Å². The summed E-state index contributed by atoms with van der Waals surface area (Å²) < 4.78 is 20.9. The molecule has 3 aromatic rings. The first-order valence-corrected chi connectivity index (χ1v) is 14.1. The van der Waals surface area contributed by atoms with Crippen LogP contribution in [-0.4, -0.2) is 63.4 Å². The smallest absolute Gasteiger partial charge is 0.257 e. The Morgan fingerprint density at radius 1 is 1.23 bits per heavy atom. The normalized spacial score (nSPS) is 22.7. The summed E-state index contributed by atoms with van der Waals surface area (Å²) in [5.41, 5.74) is 2.40. The molecule has 0 radical (unpaired) electrons. The van der Waals surface area contributed by atoms with Gasteiger partial charge in [0.25, 0.3) is 5.91 Å². The molecule has 1 saturated carbocycles. The fourth-order valence-corrected chi connectivity index (χ4v) is 6.13. The van der Waals surface area contributed by atoms with Crippen LogP contribution in [0, 0.1) is 17.7 Å². The lowest BCUT2D eigenvalue weighted by molar-refractivity contribution is -0.133. The lowest BCUT2D eigenvalue weighted by Crippen LogP contribution is -2.42. The monoisotopic (exact) mass is 538 g/mol. The first kappa shape index (κ1) is 27.3. The summed E-state index contributed by atoms with van der Waals surface area (Å²) in [6.45, 7) is 5.28. The number of nitrogens with zero attached hydrogens (tertiary/aromatic N) is 4. The zero-order valence-corrected chi connectivity index (χ0v) is 23.3. The molecule has 9 nitrogen and oxygen atoms in total. The van der Waals surface area contributed by atoms with Gasteiger partial charge in [-0.3, -0.25) is 14.5 Å². The van der Waals surface area contributed by atoms with E-state index in [9.17, 15) is 9.59 Å². The van der Waals surface area contributed by atoms with Crippen LogP contribution >= 0.6 is 0 Å². The average Bonchev–Trinajstić information content (AvgIpc) is 3.68. The third-order valence-corrected chi connectivity index (χ3v) is 8.49. The zero-order valence-electron chi connectivity index (χ0n) is 23.3. The van der Waals surface area contributed by atoms with Gasteiger partial charge in [-0.1, -0.05) is 37.9 Å². The van der Waals surface area contributed by atoms with Gasteiger partial charge < -0.3 is 19.7 Å². The van der Waals surface area contributed by atoms with Crippen molar-refractivity contribution in [1.29, 1.82) is 0 Å². The molecule has 2 fully saturated rings. The first-order chi connectivity index (χ1) is 18.8. The summed E-state index contributed by atoms with van der Waals surface area (Å²) >= 11 is 0. The van der Waals surface area contributed by atoms with Gasteiger partial charge in [0.15, 0.2) is 5.82 Å². The summed E-state index contributed by atoms with van der Waals surface area (Å²) in [6.07, 6.45) is 7.72. The number of amides is 2. The number of fused-ring (bicyclic) bond motifs is 1. The molecule has 10 heteroatoms. The largest absolute Gasteiger partial charge is 0.364 e. The number of aromatic nitrogens is 3. The number of nitrogens with one attached hydrogen (secondary N) is 2. The van der Waals surface area contributed by atoms with Crippen molar-refractivity contribution in [1.82, 2.24) is 30.2 Å². The number of hydrogen-bond acceptors (Lipinski definition) is 6. The number of H-pyrrole nitrogens is 1. The number of likely N-dealkylation sites (tertiary alicyclic amines) is 1. The van der Waals surface area contributed by atoms with Crippen molar-refractivity contribution in [3.8, 4) is 0 Å². The zero-order chi connectivity index (χ0) is 27.7. The van der Waals surface area contributed by atoms with Crippen LogP contribution in [0.2, 0.25) is 0 Å². The van der Waals surface area contributed by atoms with E-state index in [4.69, 9.17) is 9.51 Å². The highest BCUT2D eigenvalue weighted by Crippen LogP contribution is 2.37. The Balaban J connectivity index is 1.43. The number of likely N-dealkylation sites (N-methyl/N-ethyl adjacent to an activating group) is 1. The number of imidazole rings is 1. The van der Waals surface area contributed by atoms with E-state index in [1.54, 1.807) is 25.1 Å². The highest BCUT2D eigenvalue weighted by atomic mass is 19.1. The molecule has 0 bridgehead atoms. The molecule has 2 amide bonds. The molecule has 1 saturated heterocycles. The van der Waals surface area contributed by atoms with Crippen molar-refractivity contribution in [2.24, 2.45) is 11.8 Å². The molecule has 0 spiro atoms. The molecule has 39 heavy (non-hydrogen) atoms. The van der Waals surface area contributed by atoms with E-state index < -0.39 is 0 Å². The fourth-order valence-electron chi connectivity index (χ4n) is 6.13. The minimum absolute atomic E-state index is 0.0514. The van der Waals surface area contributed by atoms with Gasteiger partial charge in [-0.15, -0.1) is 0 Å². The summed E-state index contributed by atoms with van der Waals surface area (Å²) in [5.74, 6) is 0.796. The van der Waals surface area contributed by atoms with Gasteiger partial charge in [-0.2, -0.15) is 0 Å². The quantitative estimate of drug-likeness (QED) is 0.434. The van der Waals surface area contributed by atoms with Crippen LogP contribution in [-0.2, 0) is 17.8 Å². The standard InChI is InChI=1S/C29H39FN6O3/c1-5-21-20(16-39-34-21)28(37)33-25(18-10-8-17(2)9-11-18)27-31-22-13-12-19(24(30)26(22)32-27)15-36-14-6-7-23(36)29(38)35(3)4/h12-13,16-18,23,25H,5-11,14-15H2,1-4H3,(H,31,32)(H,33,37)/t17?,18?,23-,25?/m1/s1. The van der Waals surface area contributed by atoms with E-state index in [1.807, 2.05) is 13.0 Å². The van der Waals surface area contributed by atoms with Crippen LogP contribution in [0.3, 0.4) is 0 Å². The Kier molecular flexibility index (Phi) is 8.02. The number of carbonyl (C=O) groups excluding carboxylic acids is 2. The van der Waals surface area contributed by atoms with Crippen LogP contribution in [0.4, 0.5) is 4.39 Å². The summed E-state index contributed by atoms with van der Waals surface area (Å²) in [7, 11) is 3.51. The number of rotatable bonds is 8. The molecule has 2 N–H and O–H groups in total. The SMILES string of the molecule is CCc1nocc1C(=O)NC(c1nc2c(F)c(CN3CCC[C@@H]3C(=O)N(C)C)ccc2[nH]1)C1CCC(C)CC1. The lowest BCUT2D eigenvalue weighted by Gasteiger charge is -2.32. The Bertz CT molecular complexity index is 1330. The van der Waals surface area contributed by atoms with Crippen LogP contribution in [0.25, 0.3) is 11.0 Å². The number of halogens is 1. The lowest BCUT2D eigenvalue weighted by atomic mass is 9.79. The van der Waals surface area contributed by atoms with Crippen LogP contribution in [0.15, 0.2) is 22.9 Å². The number of carbonyl (C=O) groups is 2. The van der Waals surface area contributed by atoms with Gasteiger partial charge in [-0.05, 0) is 56.6 Å². The highest BCUT2D eigenvalue weighted by Gasteiger charge is 2.34. The fraction of sp³-hybridized carbons (Fsp3) is 0.586. The second-order valence-electron chi connectivity index (χ2n) is 11.4. The molecule has 1 aromatic carbocycles. The van der Waals surface area contributed by atoms with Gasteiger partial charge in [0.2, 0.25) is 5.91 Å². The summed E-state index contributed by atoms with van der Waals surface area (Å²) in [6, 6.07) is 3.00. The molecular formula is C29H39FN6O3. The number of aryl methyl sites for hydroxylation is 1. The minimum Gasteiger partial charge on any atom is -0.364 e. The minimum atomic E-state index is -0.388. The second-order valence-corrected chi connectivity index (χ2v) is 11.4. The Morgan fingerprint density at radius 2 is 2.00 bits per heavy atom. The second kappa shape index (κ2) is 11.5. The number of hydrogen-bond donors (Lipinski definition) is 2. The Hall–Kier alpha value is -3.27. The summed E-state index contributed by atoms with van der Waals surface area (Å²) in [4.78, 5) is 37.6. The molecule has 210 valence electrons. The van der Waals surface area contributed by atoms with E-state index in [0.29, 0.717) is 47.0 Å². The van der Waals surface area contributed by atoms with E-state index in [1.165, 1.54) is 6.26 Å². The van der Waals surface area contributed by atoms with Crippen LogP contribution in [0.1, 0.15) is 85.9 Å². The van der Waals surface area contributed by atoms with E-state index in [2.05, 4.69) is 27.3 Å². The van der Waals surface area contributed by atoms with Gasteiger partial charge in [0.05, 0.1) is 23.3 Å².